The van der Waals surface area contributed by atoms with E-state index in [4.69, 9.17) is 14.2 Å². The smallest absolute Gasteiger partial charge is 0.306 e. The molecule has 0 N–H and O–H groups in total. The standard InChI is InChI=1S/C62H120O6/c1-7-57(5)49-43-37-31-25-21-17-13-11-9-10-12-14-19-23-27-33-39-45-51-60(63)66-54-59(55-67-61(64)52-46-40-35-29-30-36-42-48-56(3)4)68-62(65)53-47-41-34-28-24-20-16-15-18-22-26-32-38-44-50-58(6)8-2/h56-59H,7-55H2,1-6H3/t57?,58?,59-/m1/s1. The van der Waals surface area contributed by atoms with E-state index in [1.54, 1.807) is 0 Å². The van der Waals surface area contributed by atoms with Crippen molar-refractivity contribution in [3.8, 4) is 0 Å². The molecule has 0 saturated carbocycles. The second-order valence-electron chi connectivity index (χ2n) is 22.3. The molecule has 0 aliphatic heterocycles. The molecule has 0 aliphatic rings. The Kier molecular flexibility index (Phi) is 52.0. The van der Waals surface area contributed by atoms with Crippen molar-refractivity contribution in [1.82, 2.24) is 0 Å². The fourth-order valence-corrected chi connectivity index (χ4v) is 9.47. The summed E-state index contributed by atoms with van der Waals surface area (Å²) in [5, 5.41) is 0. The highest BCUT2D eigenvalue weighted by atomic mass is 16.6. The topological polar surface area (TPSA) is 78.9 Å². The van der Waals surface area contributed by atoms with E-state index in [1.165, 1.54) is 225 Å². The normalized spacial score (nSPS) is 12.9. The molecule has 0 aromatic carbocycles. The molecule has 0 aromatic heterocycles. The van der Waals surface area contributed by atoms with Gasteiger partial charge < -0.3 is 14.2 Å². The minimum Gasteiger partial charge on any atom is -0.462 e. The minimum absolute atomic E-state index is 0.0637. The van der Waals surface area contributed by atoms with Crippen LogP contribution in [0.2, 0.25) is 0 Å². The summed E-state index contributed by atoms with van der Waals surface area (Å²) in [4.78, 5) is 38.2. The van der Waals surface area contributed by atoms with E-state index in [0.717, 1.165) is 75.5 Å². The van der Waals surface area contributed by atoms with Crippen LogP contribution in [0.4, 0.5) is 0 Å². The van der Waals surface area contributed by atoms with Crippen molar-refractivity contribution >= 4 is 17.9 Å². The molecule has 0 amide bonds. The van der Waals surface area contributed by atoms with Crippen LogP contribution < -0.4 is 0 Å². The van der Waals surface area contributed by atoms with Crippen molar-refractivity contribution in [3.63, 3.8) is 0 Å². The number of hydrogen-bond donors (Lipinski definition) is 0. The third kappa shape index (κ3) is 52.2. The van der Waals surface area contributed by atoms with Gasteiger partial charge in [0.25, 0.3) is 0 Å². The van der Waals surface area contributed by atoms with Crippen molar-refractivity contribution in [2.45, 2.75) is 349 Å². The second-order valence-corrected chi connectivity index (χ2v) is 22.3. The highest BCUT2D eigenvalue weighted by Crippen LogP contribution is 2.19. The van der Waals surface area contributed by atoms with E-state index >= 15 is 0 Å². The van der Waals surface area contributed by atoms with Gasteiger partial charge in [-0.1, -0.05) is 305 Å². The highest BCUT2D eigenvalue weighted by molar-refractivity contribution is 5.71. The van der Waals surface area contributed by atoms with E-state index in [9.17, 15) is 14.4 Å². The fourth-order valence-electron chi connectivity index (χ4n) is 9.47. The Labute approximate surface area is 425 Å². The third-order valence-corrected chi connectivity index (χ3v) is 14.9. The van der Waals surface area contributed by atoms with Crippen molar-refractivity contribution in [3.05, 3.63) is 0 Å². The minimum atomic E-state index is -0.764. The summed E-state index contributed by atoms with van der Waals surface area (Å²) in [6.45, 7) is 13.8. The number of ether oxygens (including phenoxy) is 3. The van der Waals surface area contributed by atoms with Crippen LogP contribution in [0.15, 0.2) is 0 Å². The SMILES string of the molecule is CCC(C)CCCCCCCCCCCCCCCCCCCCC(=O)OC[C@H](COC(=O)CCCCCCCCCC(C)C)OC(=O)CCCCCCCCCCCCCCCCC(C)CC. The number of esters is 3. The average Bonchev–Trinajstić information content (AvgIpc) is 3.33. The summed E-state index contributed by atoms with van der Waals surface area (Å²) in [5.41, 5.74) is 0. The maximum absolute atomic E-state index is 12.9. The van der Waals surface area contributed by atoms with Crippen molar-refractivity contribution in [2.24, 2.45) is 17.8 Å². The summed E-state index contributed by atoms with van der Waals surface area (Å²) in [7, 11) is 0. The van der Waals surface area contributed by atoms with Crippen LogP contribution in [0.1, 0.15) is 343 Å². The maximum atomic E-state index is 12.9. The van der Waals surface area contributed by atoms with Gasteiger partial charge in [-0.2, -0.15) is 0 Å². The lowest BCUT2D eigenvalue weighted by Crippen LogP contribution is -2.30. The Morgan fingerprint density at radius 2 is 0.515 bits per heavy atom. The molecule has 404 valence electrons. The van der Waals surface area contributed by atoms with E-state index in [-0.39, 0.29) is 31.1 Å². The van der Waals surface area contributed by atoms with Gasteiger partial charge in [-0.15, -0.1) is 0 Å². The molecular formula is C62H120O6. The molecule has 3 atom stereocenters. The van der Waals surface area contributed by atoms with Crippen LogP contribution in [0, 0.1) is 17.8 Å². The van der Waals surface area contributed by atoms with E-state index in [1.807, 2.05) is 0 Å². The summed E-state index contributed by atoms with van der Waals surface area (Å²) < 4.78 is 16.9. The molecule has 0 spiro atoms. The molecule has 0 aromatic rings. The zero-order chi connectivity index (χ0) is 49.8. The Balaban J connectivity index is 4.20. The van der Waals surface area contributed by atoms with Gasteiger partial charge in [0.15, 0.2) is 6.10 Å². The molecule has 0 rings (SSSR count). The Hall–Kier alpha value is -1.59. The van der Waals surface area contributed by atoms with E-state index in [0.29, 0.717) is 19.3 Å². The predicted molar refractivity (Wildman–Crippen MR) is 293 cm³/mol. The molecule has 68 heavy (non-hydrogen) atoms. The maximum Gasteiger partial charge on any atom is 0.306 e. The number of hydrogen-bond acceptors (Lipinski definition) is 6. The number of carbonyl (C=O) groups is 3. The van der Waals surface area contributed by atoms with Crippen molar-refractivity contribution < 1.29 is 28.6 Å². The molecule has 0 fully saturated rings. The summed E-state index contributed by atoms with van der Waals surface area (Å²) >= 11 is 0. The average molecular weight is 962 g/mol. The Bertz CT molecular complexity index is 1060. The van der Waals surface area contributed by atoms with Crippen molar-refractivity contribution in [2.75, 3.05) is 13.2 Å². The lowest BCUT2D eigenvalue weighted by molar-refractivity contribution is -0.167. The number of carbonyl (C=O) groups excluding carboxylic acids is 3. The lowest BCUT2D eigenvalue weighted by Gasteiger charge is -2.18. The van der Waals surface area contributed by atoms with Crippen LogP contribution >= 0.6 is 0 Å². The monoisotopic (exact) mass is 961 g/mol. The molecule has 0 bridgehead atoms. The molecule has 2 unspecified atom stereocenters. The summed E-state index contributed by atoms with van der Waals surface area (Å²) in [5.74, 6) is 1.74. The van der Waals surface area contributed by atoms with Gasteiger partial charge in [-0.25, -0.2) is 0 Å². The quantitative estimate of drug-likeness (QED) is 0.0343. The third-order valence-electron chi connectivity index (χ3n) is 14.9. The lowest BCUT2D eigenvalue weighted by atomic mass is 9.99. The fraction of sp³-hybridized carbons (Fsp3) is 0.952. The molecule has 6 heteroatoms. The van der Waals surface area contributed by atoms with Gasteiger partial charge in [0.2, 0.25) is 0 Å². The molecule has 6 nitrogen and oxygen atoms in total. The van der Waals surface area contributed by atoms with E-state index < -0.39 is 6.10 Å². The zero-order valence-corrected chi connectivity index (χ0v) is 46.9. The first-order valence-corrected chi connectivity index (χ1v) is 30.7. The Morgan fingerprint density at radius 3 is 0.765 bits per heavy atom. The summed E-state index contributed by atoms with van der Waals surface area (Å²) in [6, 6.07) is 0. The molecule has 0 heterocycles. The van der Waals surface area contributed by atoms with Gasteiger partial charge in [-0.05, 0) is 37.0 Å². The zero-order valence-electron chi connectivity index (χ0n) is 46.9. The molecular weight excluding hydrogens is 841 g/mol. The number of rotatable bonds is 55. The van der Waals surface area contributed by atoms with Crippen LogP contribution in [0.3, 0.4) is 0 Å². The van der Waals surface area contributed by atoms with Gasteiger partial charge in [0.05, 0.1) is 0 Å². The first kappa shape index (κ1) is 66.4. The van der Waals surface area contributed by atoms with Crippen molar-refractivity contribution in [1.29, 1.82) is 0 Å². The molecule has 0 saturated heterocycles. The van der Waals surface area contributed by atoms with Gasteiger partial charge in [0, 0.05) is 19.3 Å². The number of unbranched alkanes of at least 4 members (excludes halogenated alkanes) is 36. The second kappa shape index (κ2) is 53.2. The van der Waals surface area contributed by atoms with Crippen LogP contribution in [0.25, 0.3) is 0 Å². The van der Waals surface area contributed by atoms with Gasteiger partial charge in [0.1, 0.15) is 13.2 Å². The van der Waals surface area contributed by atoms with E-state index in [2.05, 4.69) is 41.5 Å². The van der Waals surface area contributed by atoms with Gasteiger partial charge >= 0.3 is 17.9 Å². The highest BCUT2D eigenvalue weighted by Gasteiger charge is 2.19. The van der Waals surface area contributed by atoms with Crippen LogP contribution in [0.5, 0.6) is 0 Å². The van der Waals surface area contributed by atoms with Crippen LogP contribution in [-0.2, 0) is 28.6 Å². The Morgan fingerprint density at radius 1 is 0.294 bits per heavy atom. The molecule has 0 aliphatic carbocycles. The molecule has 0 radical (unpaired) electrons. The van der Waals surface area contributed by atoms with Gasteiger partial charge in [-0.3, -0.25) is 14.4 Å². The summed E-state index contributed by atoms with van der Waals surface area (Å²) in [6.07, 6.45) is 56.7. The first-order valence-electron chi connectivity index (χ1n) is 30.7. The van der Waals surface area contributed by atoms with Crippen LogP contribution in [-0.4, -0.2) is 37.2 Å². The predicted octanol–water partition coefficient (Wildman–Crippen LogP) is 20.3. The first-order chi connectivity index (χ1) is 33.2. The largest absolute Gasteiger partial charge is 0.462 e.